The third-order valence-corrected chi connectivity index (χ3v) is 3.62. The van der Waals surface area contributed by atoms with Crippen LogP contribution in [0.3, 0.4) is 0 Å². The Morgan fingerprint density at radius 2 is 1.95 bits per heavy atom. The van der Waals surface area contributed by atoms with Crippen molar-refractivity contribution in [3.63, 3.8) is 0 Å². The third kappa shape index (κ3) is 3.49. The molecule has 0 bridgehead atoms. The van der Waals surface area contributed by atoms with Crippen molar-refractivity contribution in [2.75, 3.05) is 0 Å². The molecule has 0 radical (unpaired) electrons. The van der Waals surface area contributed by atoms with Crippen molar-refractivity contribution in [2.24, 2.45) is 0 Å². The number of nitrogens with zero attached hydrogens (tertiary/aromatic N) is 1. The van der Waals surface area contributed by atoms with Crippen LogP contribution in [0.5, 0.6) is 0 Å². The lowest BCUT2D eigenvalue weighted by atomic mass is 10.1. The number of hydrogen-bond acceptors (Lipinski definition) is 2. The molecule has 0 fully saturated rings. The molecule has 0 saturated heterocycles. The van der Waals surface area contributed by atoms with Crippen molar-refractivity contribution in [3.8, 4) is 0 Å². The second-order valence-corrected chi connectivity index (χ2v) is 5.15. The maximum Gasteiger partial charge on any atom is 0.254 e. The first-order valence-electron chi connectivity index (χ1n) is 5.96. The van der Waals surface area contributed by atoms with Crippen LogP contribution < -0.4 is 5.32 Å². The van der Waals surface area contributed by atoms with E-state index in [-0.39, 0.29) is 0 Å². The van der Waals surface area contributed by atoms with E-state index in [0.29, 0.717) is 15.6 Å². The number of halogens is 4. The fourth-order valence-electron chi connectivity index (χ4n) is 1.73. The number of rotatable bonds is 3. The van der Waals surface area contributed by atoms with E-state index in [9.17, 15) is 13.6 Å². The lowest BCUT2D eigenvalue weighted by Crippen LogP contribution is -2.27. The predicted molar refractivity (Wildman–Crippen MR) is 76.5 cm³/mol. The van der Waals surface area contributed by atoms with Gasteiger partial charge in [0.25, 0.3) is 5.91 Å². The lowest BCUT2D eigenvalue weighted by molar-refractivity contribution is 0.0934. The molecule has 0 aliphatic heterocycles. The maximum absolute atomic E-state index is 13.5. The van der Waals surface area contributed by atoms with Gasteiger partial charge in [0.1, 0.15) is 0 Å². The van der Waals surface area contributed by atoms with Gasteiger partial charge < -0.3 is 5.32 Å². The van der Waals surface area contributed by atoms with Gasteiger partial charge >= 0.3 is 0 Å². The quantitative estimate of drug-likeness (QED) is 0.858. The number of carbonyl (C=O) groups is 1. The summed E-state index contributed by atoms with van der Waals surface area (Å²) in [5, 5.41) is 3.29. The van der Waals surface area contributed by atoms with Crippen molar-refractivity contribution >= 4 is 29.1 Å². The SMILES string of the molecule is CC(NC(=O)c1ccnc(F)c1F)c1ccc(Cl)c(Cl)c1. The smallest absolute Gasteiger partial charge is 0.254 e. The highest BCUT2D eigenvalue weighted by Crippen LogP contribution is 2.25. The average molecular weight is 331 g/mol. The zero-order valence-electron chi connectivity index (χ0n) is 10.8. The molecule has 0 spiro atoms. The number of pyridine rings is 1. The first kappa shape index (κ1) is 15.7. The summed E-state index contributed by atoms with van der Waals surface area (Å²) in [6.07, 6.45) is 1.02. The highest BCUT2D eigenvalue weighted by Gasteiger charge is 2.18. The van der Waals surface area contributed by atoms with Crippen molar-refractivity contribution in [1.29, 1.82) is 0 Å². The summed E-state index contributed by atoms with van der Waals surface area (Å²) in [5.41, 5.74) is 0.280. The second-order valence-electron chi connectivity index (χ2n) is 4.33. The molecule has 1 heterocycles. The Balaban J connectivity index is 2.18. The minimum atomic E-state index is -1.31. The molecule has 3 nitrogen and oxygen atoms in total. The summed E-state index contributed by atoms with van der Waals surface area (Å²) in [7, 11) is 0. The Kier molecular flexibility index (Phi) is 4.75. The highest BCUT2D eigenvalue weighted by molar-refractivity contribution is 6.42. The van der Waals surface area contributed by atoms with Gasteiger partial charge in [-0.15, -0.1) is 0 Å². The molecule has 0 aliphatic carbocycles. The van der Waals surface area contributed by atoms with Crippen LogP contribution >= 0.6 is 23.2 Å². The highest BCUT2D eigenvalue weighted by atomic mass is 35.5. The molecule has 2 rings (SSSR count). The minimum absolute atomic E-state index is 0.344. The Hall–Kier alpha value is -1.72. The summed E-state index contributed by atoms with van der Waals surface area (Å²) in [6, 6.07) is 5.52. The van der Waals surface area contributed by atoms with Crippen molar-refractivity contribution in [3.05, 3.63) is 63.4 Å². The molecule has 1 atom stereocenters. The molecular formula is C14H10Cl2F2N2O. The molecule has 21 heavy (non-hydrogen) atoms. The van der Waals surface area contributed by atoms with E-state index < -0.39 is 29.3 Å². The standard InChI is InChI=1S/C14H10Cl2F2N2O/c1-7(8-2-3-10(15)11(16)6-8)20-14(21)9-4-5-19-13(18)12(9)17/h2-7H,1H3,(H,20,21). The van der Waals surface area contributed by atoms with Gasteiger partial charge in [-0.25, -0.2) is 9.37 Å². The van der Waals surface area contributed by atoms with Crippen molar-refractivity contribution in [2.45, 2.75) is 13.0 Å². The molecule has 1 N–H and O–H groups in total. The molecule has 0 saturated carbocycles. The Morgan fingerprint density at radius 1 is 1.24 bits per heavy atom. The van der Waals surface area contributed by atoms with Gasteiger partial charge in [-0.2, -0.15) is 4.39 Å². The van der Waals surface area contributed by atoms with E-state index in [2.05, 4.69) is 10.3 Å². The zero-order chi connectivity index (χ0) is 15.6. The van der Waals surface area contributed by atoms with Crippen LogP contribution in [0, 0.1) is 11.8 Å². The van der Waals surface area contributed by atoms with Gasteiger partial charge in [0.2, 0.25) is 5.95 Å². The van der Waals surface area contributed by atoms with Gasteiger partial charge in [-0.05, 0) is 30.7 Å². The molecule has 7 heteroatoms. The van der Waals surface area contributed by atoms with Crippen LogP contribution in [0.1, 0.15) is 28.9 Å². The topological polar surface area (TPSA) is 42.0 Å². The second kappa shape index (κ2) is 6.37. The van der Waals surface area contributed by atoms with Crippen LogP contribution in [-0.4, -0.2) is 10.9 Å². The third-order valence-electron chi connectivity index (χ3n) is 2.88. The summed E-state index contributed by atoms with van der Waals surface area (Å²) < 4.78 is 26.5. The van der Waals surface area contributed by atoms with Crippen molar-refractivity contribution in [1.82, 2.24) is 10.3 Å². The van der Waals surface area contributed by atoms with Gasteiger partial charge in [-0.1, -0.05) is 29.3 Å². The zero-order valence-corrected chi connectivity index (χ0v) is 12.3. The van der Waals surface area contributed by atoms with Crippen LogP contribution in [-0.2, 0) is 0 Å². The van der Waals surface area contributed by atoms with E-state index in [1.165, 1.54) is 0 Å². The summed E-state index contributed by atoms with van der Waals surface area (Å²) >= 11 is 11.7. The monoisotopic (exact) mass is 330 g/mol. The molecule has 1 aromatic carbocycles. The largest absolute Gasteiger partial charge is 0.345 e. The fraction of sp³-hybridized carbons (Fsp3) is 0.143. The van der Waals surface area contributed by atoms with Gasteiger partial charge in [0, 0.05) is 6.20 Å². The van der Waals surface area contributed by atoms with Gasteiger partial charge in [0.05, 0.1) is 21.7 Å². The number of aromatic nitrogens is 1. The number of nitrogens with one attached hydrogen (secondary N) is 1. The predicted octanol–water partition coefficient (Wildman–Crippen LogP) is 4.16. The number of benzene rings is 1. The van der Waals surface area contributed by atoms with Crippen LogP contribution in [0.2, 0.25) is 10.0 Å². The van der Waals surface area contributed by atoms with Crippen molar-refractivity contribution < 1.29 is 13.6 Å². The molecule has 1 aromatic heterocycles. The summed E-state index contributed by atoms with van der Waals surface area (Å²) in [4.78, 5) is 15.1. The molecule has 1 amide bonds. The summed E-state index contributed by atoms with van der Waals surface area (Å²) in [5.74, 6) is -3.34. The molecule has 1 unspecified atom stereocenters. The molecule has 0 aliphatic rings. The molecular weight excluding hydrogens is 321 g/mol. The normalized spacial score (nSPS) is 12.0. The number of amides is 1. The fourth-order valence-corrected chi connectivity index (χ4v) is 2.04. The number of carbonyl (C=O) groups excluding carboxylic acids is 1. The first-order valence-corrected chi connectivity index (χ1v) is 6.71. The first-order chi connectivity index (χ1) is 9.90. The molecule has 110 valence electrons. The van der Waals surface area contributed by atoms with E-state index in [0.717, 1.165) is 12.3 Å². The number of hydrogen-bond donors (Lipinski definition) is 1. The van der Waals surface area contributed by atoms with Crippen LogP contribution in [0.25, 0.3) is 0 Å². The molecule has 2 aromatic rings. The van der Waals surface area contributed by atoms with E-state index >= 15 is 0 Å². The minimum Gasteiger partial charge on any atom is -0.345 e. The van der Waals surface area contributed by atoms with Crippen LogP contribution in [0.15, 0.2) is 30.5 Å². The summed E-state index contributed by atoms with van der Waals surface area (Å²) in [6.45, 7) is 1.69. The van der Waals surface area contributed by atoms with Gasteiger partial charge in [0.15, 0.2) is 5.82 Å². The van der Waals surface area contributed by atoms with Crippen LogP contribution in [0.4, 0.5) is 8.78 Å². The Labute approximate surface area is 129 Å². The van der Waals surface area contributed by atoms with E-state index in [1.54, 1.807) is 25.1 Å². The van der Waals surface area contributed by atoms with Gasteiger partial charge in [-0.3, -0.25) is 4.79 Å². The lowest BCUT2D eigenvalue weighted by Gasteiger charge is -2.15. The maximum atomic E-state index is 13.5. The average Bonchev–Trinajstić information content (AvgIpc) is 2.44. The van der Waals surface area contributed by atoms with E-state index in [4.69, 9.17) is 23.2 Å². The Morgan fingerprint density at radius 3 is 2.62 bits per heavy atom. The Bertz CT molecular complexity index is 695. The van der Waals surface area contributed by atoms with E-state index in [1.807, 2.05) is 0 Å².